The molecular formula is C27H28FN3O4. The zero-order valence-electron chi connectivity index (χ0n) is 19.8. The van der Waals surface area contributed by atoms with Crippen molar-refractivity contribution in [2.24, 2.45) is 0 Å². The molecule has 0 amide bonds. The SMILES string of the molecule is Cc1cc(-n2c(C3CCOCC3)c([C@@H]3CO[C@@](C)(C(=O)O)C3)c3cc4[nH]ncc4cc32)ccc1F. The molecule has 0 unspecified atom stereocenters. The van der Waals surface area contributed by atoms with E-state index in [-0.39, 0.29) is 17.7 Å². The fourth-order valence-electron chi connectivity index (χ4n) is 5.82. The number of H-pyrrole nitrogens is 1. The summed E-state index contributed by atoms with van der Waals surface area (Å²) in [4.78, 5) is 12.0. The molecule has 2 saturated heterocycles. The van der Waals surface area contributed by atoms with Crippen molar-refractivity contribution in [2.75, 3.05) is 19.8 Å². The molecule has 2 aliphatic heterocycles. The Morgan fingerprint density at radius 3 is 2.74 bits per heavy atom. The van der Waals surface area contributed by atoms with Crippen LogP contribution in [0.25, 0.3) is 27.5 Å². The largest absolute Gasteiger partial charge is 0.479 e. The number of aliphatic carboxylic acids is 1. The lowest BCUT2D eigenvalue weighted by Crippen LogP contribution is -2.34. The standard InChI is InChI=1S/C27H28FN3O4/c1-15-9-19(3-4-21(15)28)31-23-10-17-13-29-30-22(17)11-20(23)24(25(31)16-5-7-34-8-6-16)18-12-27(2,26(32)33)35-14-18/h3-4,9-11,13,16,18H,5-8,12,14H2,1-2H3,(H,29,30)(H,32,33)/t18-,27+/m0/s1. The van der Waals surface area contributed by atoms with Crippen molar-refractivity contribution in [3.8, 4) is 5.69 Å². The van der Waals surface area contributed by atoms with Gasteiger partial charge >= 0.3 is 5.97 Å². The van der Waals surface area contributed by atoms with Crippen LogP contribution in [0.15, 0.2) is 36.5 Å². The maximum atomic E-state index is 14.3. The van der Waals surface area contributed by atoms with Crippen molar-refractivity contribution in [1.29, 1.82) is 0 Å². The highest BCUT2D eigenvalue weighted by Crippen LogP contribution is 2.47. The van der Waals surface area contributed by atoms with Gasteiger partial charge in [-0.25, -0.2) is 9.18 Å². The molecule has 0 spiro atoms. The number of aryl methyl sites for hydroxylation is 1. The van der Waals surface area contributed by atoms with E-state index in [4.69, 9.17) is 9.47 Å². The Hall–Kier alpha value is -3.23. The number of halogens is 1. The molecule has 182 valence electrons. The van der Waals surface area contributed by atoms with Crippen LogP contribution in [-0.4, -0.2) is 51.3 Å². The number of aromatic amines is 1. The number of rotatable bonds is 4. The first-order valence-electron chi connectivity index (χ1n) is 12.1. The Bertz CT molecular complexity index is 1450. The highest BCUT2D eigenvalue weighted by molar-refractivity contribution is 5.99. The fraction of sp³-hybridized carbons (Fsp3) is 0.407. The van der Waals surface area contributed by atoms with Crippen molar-refractivity contribution in [3.05, 3.63) is 59.2 Å². The van der Waals surface area contributed by atoms with Crippen LogP contribution in [0.1, 0.15) is 54.8 Å². The number of fused-ring (bicyclic) bond motifs is 2. The molecule has 2 aromatic carbocycles. The molecule has 0 aliphatic carbocycles. The minimum atomic E-state index is -1.23. The van der Waals surface area contributed by atoms with Gasteiger partial charge in [-0.2, -0.15) is 5.10 Å². The van der Waals surface area contributed by atoms with Crippen molar-refractivity contribution in [3.63, 3.8) is 0 Å². The first-order chi connectivity index (χ1) is 16.9. The molecule has 8 heteroatoms. The summed E-state index contributed by atoms with van der Waals surface area (Å²) >= 11 is 0. The van der Waals surface area contributed by atoms with E-state index >= 15 is 0 Å². The van der Waals surface area contributed by atoms with Crippen LogP contribution in [0.5, 0.6) is 0 Å². The average molecular weight is 478 g/mol. The lowest BCUT2D eigenvalue weighted by molar-refractivity contribution is -0.157. The summed E-state index contributed by atoms with van der Waals surface area (Å²) in [7, 11) is 0. The van der Waals surface area contributed by atoms with Gasteiger partial charge in [-0.1, -0.05) is 0 Å². The van der Waals surface area contributed by atoms with Crippen molar-refractivity contribution < 1.29 is 23.8 Å². The first-order valence-corrected chi connectivity index (χ1v) is 12.1. The molecule has 2 aromatic heterocycles. The topological polar surface area (TPSA) is 89.4 Å². The third kappa shape index (κ3) is 3.54. The zero-order valence-corrected chi connectivity index (χ0v) is 19.8. The van der Waals surface area contributed by atoms with E-state index in [1.54, 1.807) is 20.0 Å². The van der Waals surface area contributed by atoms with Crippen LogP contribution in [0.3, 0.4) is 0 Å². The minimum Gasteiger partial charge on any atom is -0.479 e. The average Bonchev–Trinajstić information content (AvgIpc) is 3.55. The molecule has 2 N–H and O–H groups in total. The van der Waals surface area contributed by atoms with Gasteiger partial charge in [0.05, 0.1) is 23.8 Å². The van der Waals surface area contributed by atoms with Crippen molar-refractivity contribution in [1.82, 2.24) is 14.8 Å². The lowest BCUT2D eigenvalue weighted by Gasteiger charge is -2.27. The van der Waals surface area contributed by atoms with Crippen LogP contribution >= 0.6 is 0 Å². The second-order valence-electron chi connectivity index (χ2n) is 10.0. The predicted molar refractivity (Wildman–Crippen MR) is 130 cm³/mol. The highest BCUT2D eigenvalue weighted by Gasteiger charge is 2.45. The van der Waals surface area contributed by atoms with E-state index in [1.807, 2.05) is 12.1 Å². The number of ether oxygens (including phenoxy) is 2. The summed E-state index contributed by atoms with van der Waals surface area (Å²) in [6, 6.07) is 9.44. The molecule has 0 bridgehead atoms. The Kier molecular flexibility index (Phi) is 5.19. The van der Waals surface area contributed by atoms with E-state index in [0.29, 0.717) is 31.8 Å². The fourth-order valence-corrected chi connectivity index (χ4v) is 5.82. The second-order valence-corrected chi connectivity index (χ2v) is 10.0. The van der Waals surface area contributed by atoms with Crippen molar-refractivity contribution in [2.45, 2.75) is 50.5 Å². The molecule has 35 heavy (non-hydrogen) atoms. The van der Waals surface area contributed by atoms with E-state index in [1.165, 1.54) is 6.07 Å². The quantitative estimate of drug-likeness (QED) is 0.422. The molecule has 0 saturated carbocycles. The van der Waals surface area contributed by atoms with Gasteiger partial charge in [0.25, 0.3) is 0 Å². The van der Waals surface area contributed by atoms with Gasteiger partial charge < -0.3 is 19.1 Å². The van der Waals surface area contributed by atoms with E-state index in [2.05, 4.69) is 26.9 Å². The molecule has 2 atom stereocenters. The van der Waals surface area contributed by atoms with Gasteiger partial charge in [0.1, 0.15) is 5.82 Å². The normalized spacial score (nSPS) is 23.5. The summed E-state index contributed by atoms with van der Waals surface area (Å²) in [6.45, 7) is 5.11. The highest BCUT2D eigenvalue weighted by atomic mass is 19.1. The molecule has 7 nitrogen and oxygen atoms in total. The summed E-state index contributed by atoms with van der Waals surface area (Å²) < 4.78 is 28.1. The van der Waals surface area contributed by atoms with Crippen molar-refractivity contribution >= 4 is 27.8 Å². The summed E-state index contributed by atoms with van der Waals surface area (Å²) in [5.41, 5.74) is 4.44. The van der Waals surface area contributed by atoms with E-state index in [0.717, 1.165) is 51.6 Å². The van der Waals surface area contributed by atoms with Gasteiger partial charge in [-0.3, -0.25) is 5.10 Å². The maximum absolute atomic E-state index is 14.3. The maximum Gasteiger partial charge on any atom is 0.335 e. The minimum absolute atomic E-state index is 0.0837. The Morgan fingerprint density at radius 1 is 1.23 bits per heavy atom. The van der Waals surface area contributed by atoms with Gasteiger partial charge in [-0.05, 0) is 74.6 Å². The van der Waals surface area contributed by atoms with Crippen LogP contribution in [0.2, 0.25) is 0 Å². The van der Waals surface area contributed by atoms with Gasteiger partial charge in [0, 0.05) is 47.2 Å². The first kappa shape index (κ1) is 22.2. The van der Waals surface area contributed by atoms with Crippen LogP contribution in [0, 0.1) is 12.7 Å². The molecule has 4 aromatic rings. The third-order valence-electron chi connectivity index (χ3n) is 7.71. The van der Waals surface area contributed by atoms with E-state index < -0.39 is 11.6 Å². The van der Waals surface area contributed by atoms with Gasteiger partial charge in [0.2, 0.25) is 0 Å². The number of hydrogen-bond acceptors (Lipinski definition) is 4. The number of aromatic nitrogens is 3. The molecule has 4 heterocycles. The summed E-state index contributed by atoms with van der Waals surface area (Å²) in [6.07, 6.45) is 3.93. The Balaban J connectivity index is 1.67. The molecule has 2 fully saturated rings. The number of carbonyl (C=O) groups is 1. The molecule has 0 radical (unpaired) electrons. The van der Waals surface area contributed by atoms with Gasteiger partial charge in [-0.15, -0.1) is 0 Å². The number of carboxylic acid groups (broad SMARTS) is 1. The number of hydrogen-bond donors (Lipinski definition) is 2. The molecule has 2 aliphatic rings. The predicted octanol–water partition coefficient (Wildman–Crippen LogP) is 5.20. The molecule has 6 rings (SSSR count). The number of carboxylic acids is 1. The molecular weight excluding hydrogens is 449 g/mol. The lowest BCUT2D eigenvalue weighted by atomic mass is 9.84. The van der Waals surface area contributed by atoms with Crippen LogP contribution in [0.4, 0.5) is 4.39 Å². The number of benzene rings is 2. The van der Waals surface area contributed by atoms with Crippen LogP contribution < -0.4 is 0 Å². The second kappa shape index (κ2) is 8.17. The smallest absolute Gasteiger partial charge is 0.335 e. The van der Waals surface area contributed by atoms with Crippen LogP contribution in [-0.2, 0) is 14.3 Å². The van der Waals surface area contributed by atoms with E-state index in [9.17, 15) is 14.3 Å². The summed E-state index contributed by atoms with van der Waals surface area (Å²) in [5.74, 6) is -1.04. The Morgan fingerprint density at radius 2 is 2.03 bits per heavy atom. The number of nitrogens with zero attached hydrogens (tertiary/aromatic N) is 2. The van der Waals surface area contributed by atoms with Gasteiger partial charge in [0.15, 0.2) is 5.60 Å². The zero-order chi connectivity index (χ0) is 24.3. The summed E-state index contributed by atoms with van der Waals surface area (Å²) in [5, 5.41) is 19.1. The number of nitrogens with one attached hydrogen (secondary N) is 1. The Labute approximate surface area is 201 Å². The third-order valence-corrected chi connectivity index (χ3v) is 7.71. The monoisotopic (exact) mass is 477 g/mol.